The van der Waals surface area contributed by atoms with Gasteiger partial charge in [0.05, 0.1) is 5.41 Å². The predicted molar refractivity (Wildman–Crippen MR) is 128 cm³/mol. The lowest BCUT2D eigenvalue weighted by Gasteiger charge is -2.56. The Kier molecular flexibility index (Phi) is 5.72. The molecule has 2 aliphatic heterocycles. The van der Waals surface area contributed by atoms with Crippen molar-refractivity contribution in [1.29, 1.82) is 0 Å². The smallest absolute Gasteiger partial charge is 0.243 e. The van der Waals surface area contributed by atoms with Gasteiger partial charge in [-0.2, -0.15) is 0 Å². The summed E-state index contributed by atoms with van der Waals surface area (Å²) in [6.07, 6.45) is 11.1. The molecule has 6 fully saturated rings. The number of carbonyl (C=O) groups is 2. The lowest BCUT2D eigenvalue weighted by molar-refractivity contribution is -0.160. The van der Waals surface area contributed by atoms with E-state index in [1.54, 1.807) is 0 Å². The molecule has 178 valence electrons. The van der Waals surface area contributed by atoms with Crippen molar-refractivity contribution >= 4 is 11.8 Å². The summed E-state index contributed by atoms with van der Waals surface area (Å²) in [5, 5.41) is 3.34. The monoisotopic (exact) mass is 449 g/mol. The van der Waals surface area contributed by atoms with Gasteiger partial charge < -0.3 is 10.2 Å². The summed E-state index contributed by atoms with van der Waals surface area (Å²) in [7, 11) is 0. The van der Waals surface area contributed by atoms with Gasteiger partial charge in [-0.3, -0.25) is 14.5 Å². The second kappa shape index (κ2) is 8.72. The zero-order chi connectivity index (χ0) is 22.4. The van der Waals surface area contributed by atoms with Crippen molar-refractivity contribution in [3.63, 3.8) is 0 Å². The zero-order valence-corrected chi connectivity index (χ0v) is 19.9. The Morgan fingerprint density at radius 3 is 2.15 bits per heavy atom. The van der Waals surface area contributed by atoms with Gasteiger partial charge in [0.1, 0.15) is 6.04 Å². The lowest BCUT2D eigenvalue weighted by atomic mass is 9.49. The molecule has 0 aromatic heterocycles. The highest BCUT2D eigenvalue weighted by Gasteiger charge is 2.56. The summed E-state index contributed by atoms with van der Waals surface area (Å²) in [5.41, 5.74) is 1.21. The Morgan fingerprint density at radius 1 is 0.879 bits per heavy atom. The van der Waals surface area contributed by atoms with Gasteiger partial charge >= 0.3 is 0 Å². The minimum Gasteiger partial charge on any atom is -0.351 e. The van der Waals surface area contributed by atoms with Crippen LogP contribution in [-0.2, 0) is 16.1 Å². The standard InChI is InChI=1S/C28H39N3O2/c32-26(29-24-8-11-30(12-9-24)19-20-5-2-1-3-6-20)25-7-4-10-31(25)27(33)28-16-21-13-22(17-28)15-23(14-21)18-28/h1-3,5-6,21-25H,4,7-19H2,(H,29,32)/t21?,22?,23?,25-,28?/m0/s1. The molecule has 0 spiro atoms. The molecule has 1 aromatic rings. The van der Waals surface area contributed by atoms with Crippen LogP contribution in [0.5, 0.6) is 0 Å². The number of benzene rings is 1. The van der Waals surface area contributed by atoms with Crippen LogP contribution >= 0.6 is 0 Å². The molecule has 7 rings (SSSR count). The number of piperidine rings is 1. The van der Waals surface area contributed by atoms with Crippen LogP contribution in [0, 0.1) is 23.2 Å². The van der Waals surface area contributed by atoms with Crippen molar-refractivity contribution in [2.24, 2.45) is 23.2 Å². The van der Waals surface area contributed by atoms with Crippen molar-refractivity contribution in [1.82, 2.24) is 15.1 Å². The van der Waals surface area contributed by atoms with Crippen molar-refractivity contribution < 1.29 is 9.59 Å². The normalized spacial score (nSPS) is 36.3. The molecule has 5 heteroatoms. The maximum Gasteiger partial charge on any atom is 0.243 e. The molecule has 1 N–H and O–H groups in total. The minimum absolute atomic E-state index is 0.104. The van der Waals surface area contributed by atoms with E-state index >= 15 is 0 Å². The first-order valence-electron chi connectivity index (χ1n) is 13.5. The average molecular weight is 450 g/mol. The molecular weight excluding hydrogens is 410 g/mol. The van der Waals surface area contributed by atoms with Crippen LogP contribution in [0.1, 0.15) is 69.8 Å². The molecular formula is C28H39N3O2. The van der Waals surface area contributed by atoms with Crippen LogP contribution in [0.25, 0.3) is 0 Å². The first-order chi connectivity index (χ1) is 16.1. The maximum absolute atomic E-state index is 13.9. The second-order valence-electron chi connectivity index (χ2n) is 11.9. The summed E-state index contributed by atoms with van der Waals surface area (Å²) in [4.78, 5) is 31.7. The van der Waals surface area contributed by atoms with Crippen molar-refractivity contribution in [2.45, 2.75) is 82.8 Å². The Bertz CT molecular complexity index is 841. The summed E-state index contributed by atoms with van der Waals surface area (Å²) < 4.78 is 0. The van der Waals surface area contributed by atoms with Crippen molar-refractivity contribution in [3.8, 4) is 0 Å². The third kappa shape index (κ3) is 4.22. The molecule has 2 amide bonds. The topological polar surface area (TPSA) is 52.7 Å². The molecule has 4 saturated carbocycles. The lowest BCUT2D eigenvalue weighted by Crippen LogP contribution is -2.58. The van der Waals surface area contributed by atoms with E-state index in [0.29, 0.717) is 5.91 Å². The quantitative estimate of drug-likeness (QED) is 0.740. The Hall–Kier alpha value is -1.88. The molecule has 0 unspecified atom stereocenters. The fraction of sp³-hybridized carbons (Fsp3) is 0.714. The van der Waals surface area contributed by atoms with Gasteiger partial charge in [0.15, 0.2) is 0 Å². The molecule has 33 heavy (non-hydrogen) atoms. The van der Waals surface area contributed by atoms with Gasteiger partial charge in [-0.05, 0) is 87.5 Å². The van der Waals surface area contributed by atoms with Gasteiger partial charge in [-0.1, -0.05) is 30.3 Å². The van der Waals surface area contributed by atoms with Crippen LogP contribution in [0.3, 0.4) is 0 Å². The van der Waals surface area contributed by atoms with Gasteiger partial charge in [0, 0.05) is 32.2 Å². The number of nitrogens with one attached hydrogen (secondary N) is 1. The number of carbonyl (C=O) groups excluding carboxylic acids is 2. The van der Waals surface area contributed by atoms with Gasteiger partial charge in [0.25, 0.3) is 0 Å². The third-order valence-corrected chi connectivity index (χ3v) is 9.49. The van der Waals surface area contributed by atoms with Crippen LogP contribution in [0.4, 0.5) is 0 Å². The number of nitrogens with zero attached hydrogens (tertiary/aromatic N) is 2. The highest BCUT2D eigenvalue weighted by Crippen LogP contribution is 2.60. The Morgan fingerprint density at radius 2 is 1.52 bits per heavy atom. The van der Waals surface area contributed by atoms with E-state index in [-0.39, 0.29) is 23.4 Å². The molecule has 1 atom stereocenters. The Labute approximate surface area is 198 Å². The summed E-state index contributed by atoms with van der Waals surface area (Å²) >= 11 is 0. The van der Waals surface area contributed by atoms with Crippen LogP contribution in [-0.4, -0.2) is 53.3 Å². The summed E-state index contributed by atoms with van der Waals surface area (Å²) in [5.74, 6) is 2.72. The van der Waals surface area contributed by atoms with E-state index in [2.05, 4.69) is 40.5 Å². The number of hydrogen-bond acceptors (Lipinski definition) is 3. The fourth-order valence-corrected chi connectivity index (χ4v) is 8.33. The third-order valence-electron chi connectivity index (χ3n) is 9.49. The van der Waals surface area contributed by atoms with E-state index < -0.39 is 0 Å². The fourth-order valence-electron chi connectivity index (χ4n) is 8.33. The molecule has 6 aliphatic rings. The van der Waals surface area contributed by atoms with E-state index in [1.807, 2.05) is 4.90 Å². The molecule has 4 aliphatic carbocycles. The molecule has 1 aromatic carbocycles. The number of likely N-dealkylation sites (tertiary alicyclic amines) is 2. The largest absolute Gasteiger partial charge is 0.351 e. The van der Waals surface area contributed by atoms with Crippen LogP contribution in [0.2, 0.25) is 0 Å². The van der Waals surface area contributed by atoms with Gasteiger partial charge in [-0.25, -0.2) is 0 Å². The van der Waals surface area contributed by atoms with Crippen molar-refractivity contribution in [3.05, 3.63) is 35.9 Å². The number of hydrogen-bond donors (Lipinski definition) is 1. The number of amides is 2. The van der Waals surface area contributed by atoms with Gasteiger partial charge in [-0.15, -0.1) is 0 Å². The zero-order valence-electron chi connectivity index (χ0n) is 19.9. The summed E-state index contributed by atoms with van der Waals surface area (Å²) in [6.45, 7) is 3.78. The van der Waals surface area contributed by atoms with Crippen LogP contribution < -0.4 is 5.32 Å². The molecule has 5 nitrogen and oxygen atoms in total. The maximum atomic E-state index is 13.9. The van der Waals surface area contributed by atoms with E-state index in [1.165, 1.54) is 24.8 Å². The second-order valence-corrected chi connectivity index (χ2v) is 11.9. The molecule has 4 bridgehead atoms. The Balaban J connectivity index is 1.04. The summed E-state index contributed by atoms with van der Waals surface area (Å²) in [6, 6.07) is 10.6. The predicted octanol–water partition coefficient (Wildman–Crippen LogP) is 3.97. The van der Waals surface area contributed by atoms with E-state index in [9.17, 15) is 9.59 Å². The highest BCUT2D eigenvalue weighted by atomic mass is 16.2. The first-order valence-corrected chi connectivity index (χ1v) is 13.5. The van der Waals surface area contributed by atoms with Crippen LogP contribution in [0.15, 0.2) is 30.3 Å². The highest BCUT2D eigenvalue weighted by molar-refractivity contribution is 5.91. The SMILES string of the molecule is O=C(NC1CCN(Cc2ccccc2)CC1)[C@@H]1CCCN1C(=O)C12CC3CC(CC(C3)C1)C2. The average Bonchev–Trinajstić information content (AvgIpc) is 3.30. The van der Waals surface area contributed by atoms with Crippen molar-refractivity contribution in [2.75, 3.05) is 19.6 Å². The number of rotatable bonds is 5. The first kappa shape index (κ1) is 21.6. The molecule has 2 saturated heterocycles. The molecule has 2 heterocycles. The van der Waals surface area contributed by atoms with E-state index in [4.69, 9.17) is 0 Å². The minimum atomic E-state index is -0.243. The van der Waals surface area contributed by atoms with E-state index in [0.717, 1.165) is 88.9 Å². The van der Waals surface area contributed by atoms with Gasteiger partial charge in [0.2, 0.25) is 11.8 Å². The molecule has 0 radical (unpaired) electrons.